The Hall–Kier alpha value is -5.34. The summed E-state index contributed by atoms with van der Waals surface area (Å²) in [7, 11) is -1.27. The first-order valence-corrected chi connectivity index (χ1v) is 17.5. The van der Waals surface area contributed by atoms with Crippen molar-refractivity contribution < 1.29 is 27.1 Å². The summed E-state index contributed by atoms with van der Waals surface area (Å²) in [6, 6.07) is 20.9. The first kappa shape index (κ1) is 34.5. The molecule has 0 radical (unpaired) electrons. The fraction of sp³-hybridized carbons (Fsp3) is 0.278. The summed E-state index contributed by atoms with van der Waals surface area (Å²) in [5, 5.41) is 4.20. The van der Waals surface area contributed by atoms with Crippen molar-refractivity contribution in [2.24, 2.45) is 5.92 Å². The number of anilines is 2. The molecule has 2 atom stereocenters. The molecule has 1 saturated heterocycles. The lowest BCUT2D eigenvalue weighted by Gasteiger charge is -2.36. The van der Waals surface area contributed by atoms with Crippen molar-refractivity contribution in [2.45, 2.75) is 32.9 Å². The highest BCUT2D eigenvalue weighted by Crippen LogP contribution is 2.40. The molecular formula is C36H38FN7O5S. The summed E-state index contributed by atoms with van der Waals surface area (Å²) in [6.45, 7) is 5.15. The molecule has 0 saturated carbocycles. The van der Waals surface area contributed by atoms with Crippen LogP contribution in [0.4, 0.5) is 20.8 Å². The molecule has 50 heavy (non-hydrogen) atoms. The highest BCUT2D eigenvalue weighted by Gasteiger charge is 2.29. The molecule has 3 heterocycles. The maximum atomic E-state index is 15.0. The van der Waals surface area contributed by atoms with E-state index in [4.69, 9.17) is 14.5 Å². The number of hydrogen-bond donors (Lipinski definition) is 2. The van der Waals surface area contributed by atoms with Gasteiger partial charge in [-0.25, -0.2) is 24.1 Å². The summed E-state index contributed by atoms with van der Waals surface area (Å²) < 4.78 is 55.5. The Labute approximate surface area is 290 Å². The number of nitrogens with one attached hydrogen (secondary N) is 2. The normalized spacial score (nSPS) is 16.3. The third kappa shape index (κ3) is 7.76. The van der Waals surface area contributed by atoms with Crippen LogP contribution in [0.15, 0.2) is 85.2 Å². The molecule has 12 nitrogen and oxygen atoms in total. The van der Waals surface area contributed by atoms with Crippen molar-refractivity contribution in [1.29, 1.82) is 0 Å². The van der Waals surface area contributed by atoms with Gasteiger partial charge >= 0.3 is 16.3 Å². The maximum Gasteiger partial charge on any atom is 0.410 e. The van der Waals surface area contributed by atoms with Crippen LogP contribution in [0.1, 0.15) is 24.5 Å². The number of hydrogen-bond acceptors (Lipinski definition) is 9. The molecule has 3 aromatic carbocycles. The average molecular weight is 700 g/mol. The third-order valence-corrected chi connectivity index (χ3v) is 9.79. The van der Waals surface area contributed by atoms with Crippen LogP contribution in [0.2, 0.25) is 0 Å². The lowest BCUT2D eigenvalue weighted by Crippen LogP contribution is -2.48. The number of rotatable bonds is 10. The summed E-state index contributed by atoms with van der Waals surface area (Å²) in [4.78, 5) is 28.4. The van der Waals surface area contributed by atoms with E-state index in [-0.39, 0.29) is 36.2 Å². The number of aromatic nitrogens is 3. The molecule has 0 bridgehead atoms. The maximum absolute atomic E-state index is 15.0. The van der Waals surface area contributed by atoms with Crippen LogP contribution in [0, 0.1) is 18.7 Å². The number of amides is 1. The third-order valence-electron chi connectivity index (χ3n) is 8.37. The zero-order valence-corrected chi connectivity index (χ0v) is 28.9. The van der Waals surface area contributed by atoms with Crippen LogP contribution in [0.25, 0.3) is 22.0 Å². The number of carbonyl (C=O) groups excluding carboxylic acids is 1. The first-order valence-electron chi connectivity index (χ1n) is 16.1. The number of benzene rings is 3. The summed E-state index contributed by atoms with van der Waals surface area (Å²) in [5.74, 6) is 0.505. The van der Waals surface area contributed by atoms with Crippen molar-refractivity contribution in [1.82, 2.24) is 24.2 Å². The summed E-state index contributed by atoms with van der Waals surface area (Å²) >= 11 is 0. The number of pyridine rings is 1. The Morgan fingerprint density at radius 2 is 1.76 bits per heavy atom. The SMILES string of the molecule is Cc1ccc2c(NS(=O)(=O)N(C)C)c(F)ccc2c1Oc1ncccc1-c1ccnc(N[C@H]2C[C@@H](C)CN(C(=O)OCc3ccccc3)C2)n1. The second-order valence-corrected chi connectivity index (χ2v) is 14.4. The predicted octanol–water partition coefficient (Wildman–Crippen LogP) is 6.61. The largest absolute Gasteiger partial charge is 0.445 e. The topological polar surface area (TPSA) is 139 Å². The average Bonchev–Trinajstić information content (AvgIpc) is 3.10. The van der Waals surface area contributed by atoms with Crippen LogP contribution < -0.4 is 14.8 Å². The number of carbonyl (C=O) groups is 1. The molecule has 0 spiro atoms. The van der Waals surface area contributed by atoms with Gasteiger partial charge in [0.05, 0.1) is 16.9 Å². The van der Waals surface area contributed by atoms with Crippen LogP contribution >= 0.6 is 0 Å². The van der Waals surface area contributed by atoms with Crippen molar-refractivity contribution in [2.75, 3.05) is 37.2 Å². The van der Waals surface area contributed by atoms with Crippen LogP contribution in [-0.2, 0) is 21.6 Å². The Balaban J connectivity index is 1.23. The van der Waals surface area contributed by atoms with Gasteiger partial charge in [0.25, 0.3) is 0 Å². The molecular weight excluding hydrogens is 662 g/mol. The van der Waals surface area contributed by atoms with Gasteiger partial charge in [-0.15, -0.1) is 0 Å². The number of ether oxygens (including phenoxy) is 2. The monoisotopic (exact) mass is 699 g/mol. The molecule has 14 heteroatoms. The Morgan fingerprint density at radius 3 is 2.54 bits per heavy atom. The molecule has 1 fully saturated rings. The standard InChI is InChI=1S/C36H38FN7O5S/c1-23-19-26(21-44(20-23)36(45)48-22-25-9-6-5-7-10-25)40-35-39-18-16-31(41-35)29-11-8-17-38-34(29)49-33-24(2)12-13-27-28(33)14-15-30(37)32(27)42-50(46,47)43(3)4/h5-18,23,26,42H,19-22H2,1-4H3,(H,39,40,41)/t23-,26+/m1/s1. The van der Waals surface area contributed by atoms with E-state index in [1.165, 1.54) is 20.2 Å². The lowest BCUT2D eigenvalue weighted by atomic mass is 9.96. The van der Waals surface area contributed by atoms with E-state index in [0.717, 1.165) is 21.9 Å². The number of aryl methyl sites for hydroxylation is 1. The number of fused-ring (bicyclic) bond motifs is 1. The minimum Gasteiger partial charge on any atom is -0.445 e. The molecule has 0 unspecified atom stereocenters. The molecule has 1 aliphatic rings. The number of nitrogens with zero attached hydrogens (tertiary/aromatic N) is 5. The van der Waals surface area contributed by atoms with E-state index >= 15 is 4.39 Å². The van der Waals surface area contributed by atoms with E-state index in [1.807, 2.05) is 43.3 Å². The van der Waals surface area contributed by atoms with E-state index in [1.54, 1.807) is 47.6 Å². The molecule has 5 aromatic rings. The van der Waals surface area contributed by atoms with Crippen molar-refractivity contribution in [3.63, 3.8) is 0 Å². The second-order valence-electron chi connectivity index (χ2n) is 12.5. The summed E-state index contributed by atoms with van der Waals surface area (Å²) in [6.07, 6.45) is 3.66. The highest BCUT2D eigenvalue weighted by molar-refractivity contribution is 7.90. The van der Waals surface area contributed by atoms with Gasteiger partial charge in [0.15, 0.2) is 0 Å². The van der Waals surface area contributed by atoms with Gasteiger partial charge in [-0.1, -0.05) is 49.4 Å². The van der Waals surface area contributed by atoms with Crippen molar-refractivity contribution >= 4 is 38.7 Å². The predicted molar refractivity (Wildman–Crippen MR) is 190 cm³/mol. The van der Waals surface area contributed by atoms with Gasteiger partial charge in [0, 0.05) is 56.4 Å². The van der Waals surface area contributed by atoms with Gasteiger partial charge in [0.2, 0.25) is 11.8 Å². The van der Waals surface area contributed by atoms with Gasteiger partial charge in [0.1, 0.15) is 18.2 Å². The van der Waals surface area contributed by atoms with Crippen LogP contribution in [0.3, 0.4) is 0 Å². The smallest absolute Gasteiger partial charge is 0.410 e. The minimum atomic E-state index is -3.98. The number of halogens is 1. The van der Waals surface area contributed by atoms with E-state index < -0.39 is 16.0 Å². The molecule has 260 valence electrons. The molecule has 2 aromatic heterocycles. The molecule has 0 aliphatic carbocycles. The van der Waals surface area contributed by atoms with Crippen LogP contribution in [-0.4, -0.2) is 71.9 Å². The number of likely N-dealkylation sites (tertiary alicyclic amines) is 1. The zero-order valence-electron chi connectivity index (χ0n) is 28.1. The summed E-state index contributed by atoms with van der Waals surface area (Å²) in [5.41, 5.74) is 2.58. The fourth-order valence-electron chi connectivity index (χ4n) is 5.86. The van der Waals surface area contributed by atoms with Gasteiger partial charge in [-0.05, 0) is 60.7 Å². The first-order chi connectivity index (χ1) is 24.0. The number of piperidine rings is 1. The Morgan fingerprint density at radius 1 is 0.980 bits per heavy atom. The Kier molecular flexibility index (Phi) is 10.1. The molecule has 1 amide bonds. The van der Waals surface area contributed by atoms with E-state index in [0.29, 0.717) is 46.8 Å². The highest BCUT2D eigenvalue weighted by atomic mass is 32.2. The Bertz CT molecular complexity index is 2120. The second kappa shape index (κ2) is 14.6. The lowest BCUT2D eigenvalue weighted by molar-refractivity contribution is 0.0783. The molecule has 2 N–H and O–H groups in total. The van der Waals surface area contributed by atoms with Crippen molar-refractivity contribution in [3.05, 3.63) is 102 Å². The van der Waals surface area contributed by atoms with Gasteiger partial charge in [-0.2, -0.15) is 12.7 Å². The zero-order chi connectivity index (χ0) is 35.4. The van der Waals surface area contributed by atoms with E-state index in [2.05, 4.69) is 26.9 Å². The fourth-order valence-corrected chi connectivity index (χ4v) is 6.51. The molecule has 6 rings (SSSR count). The quantitative estimate of drug-likeness (QED) is 0.165. The van der Waals surface area contributed by atoms with Crippen LogP contribution in [0.5, 0.6) is 11.6 Å². The molecule has 1 aliphatic heterocycles. The van der Waals surface area contributed by atoms with Crippen molar-refractivity contribution in [3.8, 4) is 22.9 Å². The van der Waals surface area contributed by atoms with Gasteiger partial charge in [-0.3, -0.25) is 4.72 Å². The van der Waals surface area contributed by atoms with E-state index in [9.17, 15) is 13.2 Å². The minimum absolute atomic E-state index is 0.110. The van der Waals surface area contributed by atoms with Gasteiger partial charge < -0.3 is 19.7 Å².